The lowest BCUT2D eigenvalue weighted by atomic mass is 10.1. The van der Waals surface area contributed by atoms with Gasteiger partial charge in [-0.3, -0.25) is 9.36 Å². The van der Waals surface area contributed by atoms with Gasteiger partial charge >= 0.3 is 0 Å². The number of nitrogens with zero attached hydrogens (tertiary/aromatic N) is 6. The number of tetrazole rings is 1. The number of aryl methyl sites for hydroxylation is 3. The first-order chi connectivity index (χ1) is 14.7. The predicted octanol–water partition coefficient (Wildman–Crippen LogP) is 3.95. The summed E-state index contributed by atoms with van der Waals surface area (Å²) in [6.07, 6.45) is 2.64. The Kier molecular flexibility index (Phi) is 6.59. The van der Waals surface area contributed by atoms with Crippen LogP contribution >= 0.6 is 23.1 Å². The van der Waals surface area contributed by atoms with Crippen LogP contribution in [-0.2, 0) is 31.7 Å². The molecule has 1 aromatic carbocycles. The van der Waals surface area contributed by atoms with Crippen molar-refractivity contribution in [2.24, 2.45) is 0 Å². The van der Waals surface area contributed by atoms with Gasteiger partial charge in [0.2, 0.25) is 0 Å². The van der Waals surface area contributed by atoms with Crippen molar-refractivity contribution in [3.05, 3.63) is 63.0 Å². The SMILES string of the molecule is CCCn1nnnc1CSc1nc2sc(CC)cc2c(=O)n1CCc1ccccc1. The summed E-state index contributed by atoms with van der Waals surface area (Å²) in [7, 11) is 0. The monoisotopic (exact) mass is 440 g/mol. The molecule has 0 aliphatic carbocycles. The number of benzene rings is 1. The molecule has 156 valence electrons. The van der Waals surface area contributed by atoms with Crippen LogP contribution in [0.1, 0.15) is 36.5 Å². The van der Waals surface area contributed by atoms with Crippen molar-refractivity contribution in [1.82, 2.24) is 29.8 Å². The Balaban J connectivity index is 1.66. The molecule has 0 unspecified atom stereocenters. The topological polar surface area (TPSA) is 78.5 Å². The van der Waals surface area contributed by atoms with E-state index in [0.717, 1.165) is 41.6 Å². The summed E-state index contributed by atoms with van der Waals surface area (Å²) < 4.78 is 3.62. The fourth-order valence-corrected chi connectivity index (χ4v) is 5.22. The molecular weight excluding hydrogens is 416 g/mol. The summed E-state index contributed by atoms with van der Waals surface area (Å²) >= 11 is 3.12. The zero-order valence-electron chi connectivity index (χ0n) is 17.1. The Morgan fingerprint density at radius 1 is 1.13 bits per heavy atom. The lowest BCUT2D eigenvalue weighted by molar-refractivity contribution is 0.563. The van der Waals surface area contributed by atoms with Gasteiger partial charge in [-0.2, -0.15) is 0 Å². The summed E-state index contributed by atoms with van der Waals surface area (Å²) in [5, 5.41) is 13.4. The van der Waals surface area contributed by atoms with Gasteiger partial charge in [-0.1, -0.05) is 55.9 Å². The summed E-state index contributed by atoms with van der Waals surface area (Å²) in [5.74, 6) is 1.37. The largest absolute Gasteiger partial charge is 0.287 e. The van der Waals surface area contributed by atoms with Crippen LogP contribution in [0.3, 0.4) is 0 Å². The molecule has 4 aromatic rings. The van der Waals surface area contributed by atoms with E-state index in [-0.39, 0.29) is 5.56 Å². The molecule has 0 saturated carbocycles. The smallest absolute Gasteiger partial charge is 0.262 e. The number of aromatic nitrogens is 6. The lowest BCUT2D eigenvalue weighted by Crippen LogP contribution is -2.24. The van der Waals surface area contributed by atoms with Crippen LogP contribution in [0.5, 0.6) is 0 Å². The number of thiophene rings is 1. The van der Waals surface area contributed by atoms with Crippen molar-refractivity contribution >= 4 is 33.3 Å². The van der Waals surface area contributed by atoms with Crippen LogP contribution < -0.4 is 5.56 Å². The van der Waals surface area contributed by atoms with E-state index in [4.69, 9.17) is 4.98 Å². The quantitative estimate of drug-likeness (QED) is 0.290. The molecule has 0 spiro atoms. The fraction of sp³-hybridized carbons (Fsp3) is 0.381. The van der Waals surface area contributed by atoms with Crippen LogP contribution in [0.4, 0.5) is 0 Å². The molecule has 30 heavy (non-hydrogen) atoms. The second kappa shape index (κ2) is 9.53. The normalized spacial score (nSPS) is 11.4. The lowest BCUT2D eigenvalue weighted by Gasteiger charge is -2.12. The first kappa shape index (κ1) is 20.7. The van der Waals surface area contributed by atoms with Gasteiger partial charge in [-0.15, -0.1) is 16.4 Å². The molecule has 0 atom stereocenters. The maximum atomic E-state index is 13.3. The summed E-state index contributed by atoms with van der Waals surface area (Å²) in [6.45, 7) is 5.56. The molecule has 0 fully saturated rings. The molecule has 0 amide bonds. The highest BCUT2D eigenvalue weighted by Crippen LogP contribution is 2.26. The van der Waals surface area contributed by atoms with Gasteiger partial charge in [0, 0.05) is 18.0 Å². The molecule has 4 rings (SSSR count). The van der Waals surface area contributed by atoms with E-state index in [1.807, 2.05) is 28.9 Å². The summed E-state index contributed by atoms with van der Waals surface area (Å²) in [5.41, 5.74) is 1.23. The highest BCUT2D eigenvalue weighted by atomic mass is 32.2. The number of hydrogen-bond donors (Lipinski definition) is 0. The molecule has 0 aliphatic heterocycles. The number of fused-ring (bicyclic) bond motifs is 1. The van der Waals surface area contributed by atoms with Crippen LogP contribution in [0.25, 0.3) is 10.2 Å². The minimum atomic E-state index is 0.0301. The fourth-order valence-electron chi connectivity index (χ4n) is 3.26. The number of rotatable bonds is 9. The van der Waals surface area contributed by atoms with Gasteiger partial charge in [-0.25, -0.2) is 9.67 Å². The van der Waals surface area contributed by atoms with Crippen molar-refractivity contribution in [2.75, 3.05) is 0 Å². The molecule has 0 N–H and O–H groups in total. The molecule has 0 aliphatic rings. The highest BCUT2D eigenvalue weighted by Gasteiger charge is 2.16. The first-order valence-corrected chi connectivity index (χ1v) is 11.9. The minimum Gasteiger partial charge on any atom is -0.287 e. The predicted molar refractivity (Wildman–Crippen MR) is 121 cm³/mol. The third-order valence-electron chi connectivity index (χ3n) is 4.85. The Morgan fingerprint density at radius 3 is 2.73 bits per heavy atom. The second-order valence-corrected chi connectivity index (χ2v) is 9.04. The molecule has 0 saturated heterocycles. The van der Waals surface area contributed by atoms with Crippen molar-refractivity contribution in [3.8, 4) is 0 Å². The highest BCUT2D eigenvalue weighted by molar-refractivity contribution is 7.98. The van der Waals surface area contributed by atoms with Crippen molar-refractivity contribution in [2.45, 2.75) is 57.1 Å². The summed E-state index contributed by atoms with van der Waals surface area (Å²) in [6, 6.07) is 12.2. The van der Waals surface area contributed by atoms with E-state index in [1.165, 1.54) is 22.2 Å². The molecule has 0 radical (unpaired) electrons. The average molecular weight is 441 g/mol. The van der Waals surface area contributed by atoms with E-state index < -0.39 is 0 Å². The third-order valence-corrected chi connectivity index (χ3v) is 7.00. The van der Waals surface area contributed by atoms with Crippen LogP contribution in [0.15, 0.2) is 46.3 Å². The standard InChI is InChI=1S/C21H24N6OS2/c1-3-11-27-18(23-24-25-27)14-29-21-22-19-17(13-16(4-2)30-19)20(28)26(21)12-10-15-8-6-5-7-9-15/h5-9,13H,3-4,10-12,14H2,1-2H3. The zero-order chi connectivity index (χ0) is 20.9. The zero-order valence-corrected chi connectivity index (χ0v) is 18.7. The molecular formula is C21H24N6OS2. The molecule has 7 nitrogen and oxygen atoms in total. The van der Waals surface area contributed by atoms with Gasteiger partial charge in [0.1, 0.15) is 4.83 Å². The minimum absolute atomic E-state index is 0.0301. The second-order valence-electron chi connectivity index (χ2n) is 6.98. The van der Waals surface area contributed by atoms with E-state index in [9.17, 15) is 4.79 Å². The van der Waals surface area contributed by atoms with Gasteiger partial charge < -0.3 is 0 Å². The third kappa shape index (κ3) is 4.46. The Hall–Kier alpha value is -2.52. The van der Waals surface area contributed by atoms with Crippen molar-refractivity contribution in [3.63, 3.8) is 0 Å². The van der Waals surface area contributed by atoms with Gasteiger partial charge in [0.05, 0.1) is 11.1 Å². The molecule has 9 heteroatoms. The van der Waals surface area contributed by atoms with E-state index in [1.54, 1.807) is 15.9 Å². The van der Waals surface area contributed by atoms with Crippen LogP contribution in [-0.4, -0.2) is 29.8 Å². The number of hydrogen-bond acceptors (Lipinski definition) is 7. The average Bonchev–Trinajstić information content (AvgIpc) is 3.39. The maximum absolute atomic E-state index is 13.3. The van der Waals surface area contributed by atoms with E-state index >= 15 is 0 Å². The van der Waals surface area contributed by atoms with Gasteiger partial charge in [0.25, 0.3) is 5.56 Å². The molecule has 3 heterocycles. The van der Waals surface area contributed by atoms with E-state index in [2.05, 4.69) is 41.5 Å². The van der Waals surface area contributed by atoms with Gasteiger partial charge in [-0.05, 0) is 41.3 Å². The van der Waals surface area contributed by atoms with Crippen molar-refractivity contribution < 1.29 is 0 Å². The molecule has 3 aromatic heterocycles. The Bertz CT molecular complexity index is 1180. The first-order valence-electron chi connectivity index (χ1n) is 10.1. The van der Waals surface area contributed by atoms with Crippen molar-refractivity contribution in [1.29, 1.82) is 0 Å². The van der Waals surface area contributed by atoms with Crippen LogP contribution in [0, 0.1) is 0 Å². The van der Waals surface area contributed by atoms with E-state index in [0.29, 0.717) is 17.7 Å². The van der Waals surface area contributed by atoms with Crippen LogP contribution in [0.2, 0.25) is 0 Å². The Morgan fingerprint density at radius 2 is 1.97 bits per heavy atom. The number of thioether (sulfide) groups is 1. The summed E-state index contributed by atoms with van der Waals surface area (Å²) in [4.78, 5) is 20.1. The molecule has 0 bridgehead atoms. The van der Waals surface area contributed by atoms with Gasteiger partial charge in [0.15, 0.2) is 11.0 Å². The Labute approximate surface area is 183 Å². The maximum Gasteiger partial charge on any atom is 0.262 e.